The molecule has 0 amide bonds. The number of rotatable bonds is 4. The van der Waals surface area contributed by atoms with Gasteiger partial charge in [-0.05, 0) is 46.5 Å². The van der Waals surface area contributed by atoms with Crippen molar-refractivity contribution in [3.63, 3.8) is 0 Å². The minimum atomic E-state index is -1.11. The second-order valence-electron chi connectivity index (χ2n) is 4.82. The third-order valence-electron chi connectivity index (χ3n) is 2.65. The average Bonchev–Trinajstić information content (AvgIpc) is 2.75. The van der Waals surface area contributed by atoms with Crippen LogP contribution >= 0.6 is 27.5 Å². The molecule has 2 aromatic rings. The SMILES string of the molecule is CC(C)Cc1nc(-c2cc(Cl)ccc2Br)oc1C(=O)O. The second-order valence-corrected chi connectivity index (χ2v) is 6.11. The van der Waals surface area contributed by atoms with Crippen LogP contribution in [0.15, 0.2) is 27.1 Å². The van der Waals surface area contributed by atoms with Gasteiger partial charge < -0.3 is 9.52 Å². The zero-order chi connectivity index (χ0) is 14.9. The van der Waals surface area contributed by atoms with Crippen molar-refractivity contribution in [2.45, 2.75) is 20.3 Å². The van der Waals surface area contributed by atoms with E-state index in [0.717, 1.165) is 4.47 Å². The molecule has 1 aromatic heterocycles. The molecule has 0 aliphatic rings. The lowest BCUT2D eigenvalue weighted by Crippen LogP contribution is -2.03. The molecule has 106 valence electrons. The third-order valence-corrected chi connectivity index (χ3v) is 3.58. The standard InChI is InChI=1S/C14H13BrClNO3/c1-7(2)5-11-12(14(18)19)20-13(17-11)9-6-8(16)3-4-10(9)15/h3-4,6-7H,5H2,1-2H3,(H,18,19). The molecule has 20 heavy (non-hydrogen) atoms. The average molecular weight is 359 g/mol. The Morgan fingerprint density at radius 3 is 2.80 bits per heavy atom. The monoisotopic (exact) mass is 357 g/mol. The molecule has 1 heterocycles. The van der Waals surface area contributed by atoms with E-state index in [4.69, 9.17) is 16.0 Å². The molecular formula is C14H13BrClNO3. The van der Waals surface area contributed by atoms with E-state index in [1.807, 2.05) is 13.8 Å². The Bertz CT molecular complexity index is 652. The number of halogens is 2. The number of carbonyl (C=O) groups is 1. The molecule has 6 heteroatoms. The van der Waals surface area contributed by atoms with Crippen LogP contribution < -0.4 is 0 Å². The van der Waals surface area contributed by atoms with Crippen LogP contribution in [0.2, 0.25) is 5.02 Å². The zero-order valence-electron chi connectivity index (χ0n) is 11.0. The maximum absolute atomic E-state index is 11.2. The number of benzene rings is 1. The van der Waals surface area contributed by atoms with Gasteiger partial charge in [0.2, 0.25) is 11.7 Å². The molecule has 1 N–H and O–H groups in total. The molecule has 0 fully saturated rings. The first kappa shape index (κ1) is 15.1. The number of oxazole rings is 1. The number of carboxylic acids is 1. The van der Waals surface area contributed by atoms with Crippen LogP contribution in [-0.4, -0.2) is 16.1 Å². The Morgan fingerprint density at radius 2 is 2.20 bits per heavy atom. The predicted octanol–water partition coefficient (Wildman–Crippen LogP) is 4.65. The van der Waals surface area contributed by atoms with E-state index in [2.05, 4.69) is 20.9 Å². The molecule has 2 rings (SSSR count). The van der Waals surface area contributed by atoms with E-state index in [0.29, 0.717) is 22.7 Å². The molecule has 0 saturated heterocycles. The highest BCUT2D eigenvalue weighted by Gasteiger charge is 2.22. The number of hydrogen-bond acceptors (Lipinski definition) is 3. The first-order valence-corrected chi connectivity index (χ1v) is 7.24. The van der Waals surface area contributed by atoms with Gasteiger partial charge in [-0.15, -0.1) is 0 Å². The van der Waals surface area contributed by atoms with Gasteiger partial charge in [0.15, 0.2) is 0 Å². The Balaban J connectivity index is 2.52. The van der Waals surface area contributed by atoms with Gasteiger partial charge in [-0.1, -0.05) is 25.4 Å². The van der Waals surface area contributed by atoms with E-state index < -0.39 is 5.97 Å². The van der Waals surface area contributed by atoms with Gasteiger partial charge in [-0.2, -0.15) is 0 Å². The Morgan fingerprint density at radius 1 is 1.50 bits per heavy atom. The van der Waals surface area contributed by atoms with E-state index in [1.165, 1.54) is 0 Å². The largest absolute Gasteiger partial charge is 0.475 e. The Labute approximate surface area is 129 Å². The van der Waals surface area contributed by atoms with Crippen LogP contribution in [0.4, 0.5) is 0 Å². The summed E-state index contributed by atoms with van der Waals surface area (Å²) in [6.45, 7) is 3.99. The lowest BCUT2D eigenvalue weighted by molar-refractivity contribution is 0.0661. The van der Waals surface area contributed by atoms with Crippen molar-refractivity contribution in [2.75, 3.05) is 0 Å². The number of nitrogens with zero attached hydrogens (tertiary/aromatic N) is 1. The highest BCUT2D eigenvalue weighted by molar-refractivity contribution is 9.10. The van der Waals surface area contributed by atoms with Crippen molar-refractivity contribution in [1.82, 2.24) is 4.98 Å². The molecule has 4 nitrogen and oxygen atoms in total. The first-order valence-electron chi connectivity index (χ1n) is 6.07. The topological polar surface area (TPSA) is 63.3 Å². The third kappa shape index (κ3) is 3.22. The summed E-state index contributed by atoms with van der Waals surface area (Å²) in [7, 11) is 0. The van der Waals surface area contributed by atoms with Crippen molar-refractivity contribution < 1.29 is 14.3 Å². The van der Waals surface area contributed by atoms with Gasteiger partial charge in [0, 0.05) is 9.50 Å². The highest BCUT2D eigenvalue weighted by atomic mass is 79.9. The maximum atomic E-state index is 11.2. The van der Waals surface area contributed by atoms with Crippen molar-refractivity contribution in [3.8, 4) is 11.5 Å². The molecule has 0 aliphatic carbocycles. The molecular weight excluding hydrogens is 346 g/mol. The van der Waals surface area contributed by atoms with Crippen LogP contribution in [0.25, 0.3) is 11.5 Å². The molecule has 0 aliphatic heterocycles. The fourth-order valence-electron chi connectivity index (χ4n) is 1.82. The van der Waals surface area contributed by atoms with Crippen molar-refractivity contribution >= 4 is 33.5 Å². The van der Waals surface area contributed by atoms with Crippen molar-refractivity contribution in [1.29, 1.82) is 0 Å². The number of aromatic carboxylic acids is 1. The normalized spacial score (nSPS) is 11.1. The van der Waals surface area contributed by atoms with Crippen LogP contribution in [0.1, 0.15) is 30.1 Å². The number of carboxylic acid groups (broad SMARTS) is 1. The molecule has 0 unspecified atom stereocenters. The van der Waals surface area contributed by atoms with Gasteiger partial charge in [0.05, 0.1) is 11.3 Å². The summed E-state index contributed by atoms with van der Waals surface area (Å²) >= 11 is 9.34. The number of hydrogen-bond donors (Lipinski definition) is 1. The van der Waals surface area contributed by atoms with Gasteiger partial charge in [0.1, 0.15) is 0 Å². The van der Waals surface area contributed by atoms with E-state index >= 15 is 0 Å². The zero-order valence-corrected chi connectivity index (χ0v) is 13.3. The summed E-state index contributed by atoms with van der Waals surface area (Å²) in [5, 5.41) is 9.72. The summed E-state index contributed by atoms with van der Waals surface area (Å²) in [6, 6.07) is 5.18. The van der Waals surface area contributed by atoms with Crippen molar-refractivity contribution in [3.05, 3.63) is 39.1 Å². The van der Waals surface area contributed by atoms with Crippen LogP contribution in [0.5, 0.6) is 0 Å². The van der Waals surface area contributed by atoms with E-state index in [1.54, 1.807) is 18.2 Å². The lowest BCUT2D eigenvalue weighted by Gasteiger charge is -2.00. The van der Waals surface area contributed by atoms with Gasteiger partial charge in [-0.25, -0.2) is 9.78 Å². The molecule has 0 saturated carbocycles. The summed E-state index contributed by atoms with van der Waals surface area (Å²) in [5.41, 5.74) is 1.09. The van der Waals surface area contributed by atoms with Crippen molar-refractivity contribution in [2.24, 2.45) is 5.92 Å². The Hall–Kier alpha value is -1.33. The van der Waals surface area contributed by atoms with E-state index in [9.17, 15) is 9.90 Å². The molecule has 0 radical (unpaired) electrons. The molecule has 0 bridgehead atoms. The van der Waals surface area contributed by atoms with Crippen LogP contribution in [0, 0.1) is 5.92 Å². The van der Waals surface area contributed by atoms with Gasteiger partial charge in [0.25, 0.3) is 0 Å². The minimum Gasteiger partial charge on any atom is -0.475 e. The quantitative estimate of drug-likeness (QED) is 0.863. The fraction of sp³-hybridized carbons (Fsp3) is 0.286. The first-order chi connectivity index (χ1) is 9.38. The second kappa shape index (κ2) is 5.97. The van der Waals surface area contributed by atoms with Crippen LogP contribution in [-0.2, 0) is 6.42 Å². The van der Waals surface area contributed by atoms with E-state index in [-0.39, 0.29) is 17.6 Å². The molecule has 0 spiro atoms. The Kier molecular flexibility index (Phi) is 4.50. The smallest absolute Gasteiger partial charge is 0.373 e. The van der Waals surface area contributed by atoms with Crippen LogP contribution in [0.3, 0.4) is 0 Å². The molecule has 0 atom stereocenters. The van der Waals surface area contributed by atoms with Gasteiger partial charge >= 0.3 is 5.97 Å². The summed E-state index contributed by atoms with van der Waals surface area (Å²) in [4.78, 5) is 15.5. The maximum Gasteiger partial charge on any atom is 0.373 e. The summed E-state index contributed by atoms with van der Waals surface area (Å²) in [5.74, 6) is -0.681. The minimum absolute atomic E-state index is 0.111. The van der Waals surface area contributed by atoms with Gasteiger partial charge in [-0.3, -0.25) is 0 Å². The predicted molar refractivity (Wildman–Crippen MR) is 80.2 cm³/mol. The summed E-state index contributed by atoms with van der Waals surface area (Å²) < 4.78 is 6.15. The number of aromatic nitrogens is 1. The lowest BCUT2D eigenvalue weighted by atomic mass is 10.1. The highest BCUT2D eigenvalue weighted by Crippen LogP contribution is 2.32. The summed E-state index contributed by atoms with van der Waals surface area (Å²) in [6.07, 6.45) is 0.545. The molecule has 1 aromatic carbocycles. The fourth-order valence-corrected chi connectivity index (χ4v) is 2.41.